The predicted molar refractivity (Wildman–Crippen MR) is 103 cm³/mol. The van der Waals surface area contributed by atoms with Gasteiger partial charge < -0.3 is 15.5 Å². The van der Waals surface area contributed by atoms with E-state index in [0.29, 0.717) is 22.8 Å². The molecule has 0 radical (unpaired) electrons. The number of ether oxygens (including phenoxy) is 1. The Kier molecular flexibility index (Phi) is 8.38. The average Bonchev–Trinajstić information content (AvgIpc) is 3.15. The number of hydrogen-bond donors (Lipinski definition) is 2. The van der Waals surface area contributed by atoms with Gasteiger partial charge in [0.25, 0.3) is 0 Å². The van der Waals surface area contributed by atoms with Crippen molar-refractivity contribution in [2.45, 2.75) is 34.1 Å². The number of imidazole rings is 1. The first-order valence-corrected chi connectivity index (χ1v) is 8.68. The highest BCUT2D eigenvalue weighted by atomic mass is 19.4. The molecule has 7 heteroatoms. The third kappa shape index (κ3) is 6.69. The van der Waals surface area contributed by atoms with E-state index < -0.39 is 6.36 Å². The van der Waals surface area contributed by atoms with Crippen LogP contribution in [0.3, 0.4) is 0 Å². The van der Waals surface area contributed by atoms with Crippen molar-refractivity contribution < 1.29 is 17.9 Å². The molecule has 0 aliphatic rings. The van der Waals surface area contributed by atoms with E-state index in [1.54, 1.807) is 18.3 Å². The van der Waals surface area contributed by atoms with E-state index in [2.05, 4.69) is 14.7 Å². The van der Waals surface area contributed by atoms with E-state index in [9.17, 15) is 13.2 Å². The highest BCUT2D eigenvalue weighted by molar-refractivity contribution is 5.66. The number of nitrogens with two attached hydrogens (primary N) is 1. The van der Waals surface area contributed by atoms with Crippen LogP contribution in [0.15, 0.2) is 54.7 Å². The van der Waals surface area contributed by atoms with Gasteiger partial charge in [0.2, 0.25) is 0 Å². The van der Waals surface area contributed by atoms with Crippen LogP contribution < -0.4 is 10.5 Å². The van der Waals surface area contributed by atoms with E-state index in [1.807, 2.05) is 39.8 Å². The molecule has 0 bridgehead atoms. The van der Waals surface area contributed by atoms with Gasteiger partial charge in [-0.05, 0) is 42.0 Å². The molecule has 1 aromatic heterocycles. The molecule has 0 saturated carbocycles. The lowest BCUT2D eigenvalue weighted by Crippen LogP contribution is -2.16. The number of rotatable bonds is 3. The number of aromatic amines is 1. The van der Waals surface area contributed by atoms with Crippen LogP contribution in [0.4, 0.5) is 18.9 Å². The molecule has 0 atom stereocenters. The minimum Gasteiger partial charge on any atom is -0.406 e. The van der Waals surface area contributed by atoms with Crippen molar-refractivity contribution in [2.24, 2.45) is 0 Å². The van der Waals surface area contributed by atoms with E-state index in [0.717, 1.165) is 5.56 Å². The number of aromatic nitrogens is 2. The van der Waals surface area contributed by atoms with E-state index >= 15 is 0 Å². The molecule has 0 aliphatic carbocycles. The van der Waals surface area contributed by atoms with Crippen LogP contribution in [0, 0.1) is 0 Å². The Morgan fingerprint density at radius 3 is 2.11 bits per heavy atom. The summed E-state index contributed by atoms with van der Waals surface area (Å²) in [7, 11) is 0. The second kappa shape index (κ2) is 10.3. The molecule has 0 fully saturated rings. The van der Waals surface area contributed by atoms with Gasteiger partial charge in [0.1, 0.15) is 11.6 Å². The maximum absolute atomic E-state index is 12.1. The Balaban J connectivity index is 0.000000855. The Morgan fingerprint density at radius 2 is 1.56 bits per heavy atom. The van der Waals surface area contributed by atoms with Gasteiger partial charge in [-0.25, -0.2) is 4.98 Å². The van der Waals surface area contributed by atoms with Crippen LogP contribution in [-0.2, 0) is 0 Å². The fourth-order valence-corrected chi connectivity index (χ4v) is 2.14. The Hall–Kier alpha value is -2.96. The number of nitrogens with zero attached hydrogens (tertiary/aromatic N) is 1. The normalized spacial score (nSPS) is 10.2. The number of anilines is 1. The minimum absolute atomic E-state index is 0.267. The lowest BCUT2D eigenvalue weighted by molar-refractivity contribution is -0.274. The molecule has 2 aromatic carbocycles. The van der Waals surface area contributed by atoms with Crippen LogP contribution in [-0.4, -0.2) is 16.3 Å². The molecule has 0 aliphatic heterocycles. The monoisotopic (exact) mass is 379 g/mol. The van der Waals surface area contributed by atoms with Gasteiger partial charge in [0.05, 0.1) is 11.9 Å². The number of H-pyrrole nitrogens is 1. The molecule has 3 aromatic rings. The molecule has 0 spiro atoms. The molecule has 1 heterocycles. The molecule has 146 valence electrons. The van der Waals surface area contributed by atoms with Crippen molar-refractivity contribution >= 4 is 5.69 Å². The zero-order valence-corrected chi connectivity index (χ0v) is 15.8. The zero-order chi connectivity index (χ0) is 20.4. The Labute approximate surface area is 157 Å². The van der Waals surface area contributed by atoms with Crippen LogP contribution in [0.5, 0.6) is 5.75 Å². The minimum atomic E-state index is -4.70. The summed E-state index contributed by atoms with van der Waals surface area (Å²) in [5, 5.41) is 0. The number of benzene rings is 2. The van der Waals surface area contributed by atoms with Crippen molar-refractivity contribution in [3.8, 4) is 28.4 Å². The molecule has 0 amide bonds. The smallest absolute Gasteiger partial charge is 0.406 e. The molecule has 0 saturated heterocycles. The first-order valence-electron chi connectivity index (χ1n) is 8.68. The van der Waals surface area contributed by atoms with Gasteiger partial charge in [-0.2, -0.15) is 0 Å². The first kappa shape index (κ1) is 22.1. The van der Waals surface area contributed by atoms with Crippen molar-refractivity contribution in [3.05, 3.63) is 54.7 Å². The Bertz CT molecular complexity index is 812. The van der Waals surface area contributed by atoms with E-state index in [4.69, 9.17) is 5.73 Å². The molecular weight excluding hydrogens is 355 g/mol. The molecule has 27 heavy (non-hydrogen) atoms. The fourth-order valence-electron chi connectivity index (χ4n) is 2.14. The third-order valence-electron chi connectivity index (χ3n) is 3.13. The maximum atomic E-state index is 12.1. The van der Waals surface area contributed by atoms with Gasteiger partial charge in [0.15, 0.2) is 0 Å². The van der Waals surface area contributed by atoms with Gasteiger partial charge in [-0.1, -0.05) is 39.8 Å². The number of nitrogen functional groups attached to an aromatic ring is 1. The highest BCUT2D eigenvalue weighted by Gasteiger charge is 2.30. The zero-order valence-electron chi connectivity index (χ0n) is 15.8. The molecule has 3 N–H and O–H groups in total. The van der Waals surface area contributed by atoms with Crippen molar-refractivity contribution in [1.29, 1.82) is 0 Å². The van der Waals surface area contributed by atoms with Crippen LogP contribution >= 0.6 is 0 Å². The summed E-state index contributed by atoms with van der Waals surface area (Å²) in [6, 6.07) is 12.8. The SMILES string of the molecule is CC.CC.Nc1cccc(-c2ncc(-c3ccc(OC(F)(F)F)cc3)[nH]2)c1. The van der Waals surface area contributed by atoms with E-state index in [-0.39, 0.29) is 5.75 Å². The second-order valence-corrected chi connectivity index (χ2v) is 4.84. The maximum Gasteiger partial charge on any atom is 0.573 e. The highest BCUT2D eigenvalue weighted by Crippen LogP contribution is 2.27. The molecule has 4 nitrogen and oxygen atoms in total. The van der Waals surface area contributed by atoms with Gasteiger partial charge in [-0.3, -0.25) is 0 Å². The van der Waals surface area contributed by atoms with Crippen molar-refractivity contribution in [3.63, 3.8) is 0 Å². The number of hydrogen-bond acceptors (Lipinski definition) is 3. The van der Waals surface area contributed by atoms with Gasteiger partial charge in [0, 0.05) is 11.3 Å². The van der Waals surface area contributed by atoms with Gasteiger partial charge >= 0.3 is 6.36 Å². The summed E-state index contributed by atoms with van der Waals surface area (Å²) in [5.74, 6) is 0.361. The lowest BCUT2D eigenvalue weighted by Gasteiger charge is -2.08. The summed E-state index contributed by atoms with van der Waals surface area (Å²) in [4.78, 5) is 7.37. The van der Waals surface area contributed by atoms with Gasteiger partial charge in [-0.15, -0.1) is 13.2 Å². The quantitative estimate of drug-likeness (QED) is 0.527. The summed E-state index contributed by atoms with van der Waals surface area (Å²) in [6.07, 6.45) is -3.09. The standard InChI is InChI=1S/C16H12F3N3O.2C2H6/c17-16(18,19)23-13-6-4-10(5-7-13)14-9-21-15(22-14)11-2-1-3-12(20)8-11;2*1-2/h1-9H,20H2,(H,21,22);2*1-2H3. The van der Waals surface area contributed by atoms with Crippen LogP contribution in [0.1, 0.15) is 27.7 Å². The largest absolute Gasteiger partial charge is 0.573 e. The summed E-state index contributed by atoms with van der Waals surface area (Å²) >= 11 is 0. The lowest BCUT2D eigenvalue weighted by atomic mass is 10.1. The first-order chi connectivity index (χ1) is 12.9. The number of nitrogens with one attached hydrogen (secondary N) is 1. The van der Waals surface area contributed by atoms with Crippen LogP contribution in [0.25, 0.3) is 22.6 Å². The average molecular weight is 379 g/mol. The summed E-state index contributed by atoms with van der Waals surface area (Å²) in [5.41, 5.74) is 8.56. The topological polar surface area (TPSA) is 63.9 Å². The predicted octanol–water partition coefficient (Wildman–Crippen LogP) is 6.28. The molecule has 0 unspecified atom stereocenters. The molecule has 3 rings (SSSR count). The summed E-state index contributed by atoms with van der Waals surface area (Å²) < 4.78 is 40.3. The number of alkyl halides is 3. The number of halogens is 3. The second-order valence-electron chi connectivity index (χ2n) is 4.84. The van der Waals surface area contributed by atoms with Crippen molar-refractivity contribution in [2.75, 3.05) is 5.73 Å². The van der Waals surface area contributed by atoms with Crippen LogP contribution in [0.2, 0.25) is 0 Å². The third-order valence-corrected chi connectivity index (χ3v) is 3.13. The Morgan fingerprint density at radius 1 is 0.926 bits per heavy atom. The fraction of sp³-hybridized carbons (Fsp3) is 0.250. The van der Waals surface area contributed by atoms with Crippen molar-refractivity contribution in [1.82, 2.24) is 9.97 Å². The summed E-state index contributed by atoms with van der Waals surface area (Å²) in [6.45, 7) is 8.00. The van der Waals surface area contributed by atoms with E-state index in [1.165, 1.54) is 24.3 Å². The molecular formula is C20H24F3N3O.